The van der Waals surface area contributed by atoms with Crippen molar-refractivity contribution in [3.63, 3.8) is 0 Å². The van der Waals surface area contributed by atoms with Crippen molar-refractivity contribution in [3.05, 3.63) is 30.1 Å². The second-order valence-electron chi connectivity index (χ2n) is 5.19. The molecule has 5 nitrogen and oxygen atoms in total. The minimum atomic E-state index is -0.481. The average Bonchev–Trinajstić information content (AvgIpc) is 2.79. The lowest BCUT2D eigenvalue weighted by atomic mass is 10.3. The highest BCUT2D eigenvalue weighted by atomic mass is 19.1. The number of nitrogens with zero attached hydrogens (tertiary/aromatic N) is 2. The number of hydrogen-bond acceptors (Lipinski definition) is 3. The van der Waals surface area contributed by atoms with Crippen LogP contribution >= 0.6 is 0 Å². The number of hydrogen-bond donors (Lipinski definition) is 0. The summed E-state index contributed by atoms with van der Waals surface area (Å²) in [6.07, 6.45) is 1.22. The molecule has 120 valence electrons. The van der Waals surface area contributed by atoms with Gasteiger partial charge in [-0.15, -0.1) is 0 Å². The number of amides is 2. The van der Waals surface area contributed by atoms with Gasteiger partial charge >= 0.3 is 0 Å². The van der Waals surface area contributed by atoms with Gasteiger partial charge < -0.3 is 14.5 Å². The summed E-state index contributed by atoms with van der Waals surface area (Å²) >= 11 is 0. The SMILES string of the molecule is CCC(=O)N1CCCN(C(=O)COc2ccccc2F)CC1. The Morgan fingerprint density at radius 2 is 1.73 bits per heavy atom. The quantitative estimate of drug-likeness (QED) is 0.850. The molecule has 1 aromatic rings. The average molecular weight is 308 g/mol. The highest BCUT2D eigenvalue weighted by Gasteiger charge is 2.21. The molecule has 0 bridgehead atoms. The van der Waals surface area contributed by atoms with Gasteiger partial charge in [-0.1, -0.05) is 19.1 Å². The summed E-state index contributed by atoms with van der Waals surface area (Å²) in [6, 6.07) is 6.01. The van der Waals surface area contributed by atoms with E-state index in [9.17, 15) is 14.0 Å². The number of benzene rings is 1. The van der Waals surface area contributed by atoms with Crippen LogP contribution in [0.25, 0.3) is 0 Å². The first kappa shape index (κ1) is 16.3. The van der Waals surface area contributed by atoms with Crippen molar-refractivity contribution in [3.8, 4) is 5.75 Å². The molecule has 0 spiro atoms. The zero-order chi connectivity index (χ0) is 15.9. The lowest BCUT2D eigenvalue weighted by molar-refractivity contribution is -0.134. The Morgan fingerprint density at radius 3 is 2.36 bits per heavy atom. The molecular weight excluding hydrogens is 287 g/mol. The molecule has 0 saturated carbocycles. The van der Waals surface area contributed by atoms with E-state index >= 15 is 0 Å². The number of ether oxygens (including phenoxy) is 1. The monoisotopic (exact) mass is 308 g/mol. The van der Waals surface area contributed by atoms with Crippen molar-refractivity contribution in [1.29, 1.82) is 0 Å². The highest BCUT2D eigenvalue weighted by molar-refractivity contribution is 5.78. The third kappa shape index (κ3) is 4.19. The zero-order valence-electron chi connectivity index (χ0n) is 12.8. The Kier molecular flexibility index (Phi) is 5.75. The van der Waals surface area contributed by atoms with Crippen LogP contribution in [0.15, 0.2) is 24.3 Å². The first-order valence-corrected chi connectivity index (χ1v) is 7.54. The van der Waals surface area contributed by atoms with Crippen LogP contribution < -0.4 is 4.74 Å². The predicted octanol–water partition coefficient (Wildman–Crippen LogP) is 1.68. The second-order valence-corrected chi connectivity index (χ2v) is 5.19. The molecule has 0 aliphatic carbocycles. The Balaban J connectivity index is 1.85. The fourth-order valence-electron chi connectivity index (χ4n) is 2.43. The summed E-state index contributed by atoms with van der Waals surface area (Å²) in [6.45, 7) is 3.93. The third-order valence-electron chi connectivity index (χ3n) is 3.69. The molecule has 1 aliphatic heterocycles. The summed E-state index contributed by atoms with van der Waals surface area (Å²) in [7, 11) is 0. The Hall–Kier alpha value is -2.11. The molecule has 6 heteroatoms. The third-order valence-corrected chi connectivity index (χ3v) is 3.69. The molecule has 1 saturated heterocycles. The number of rotatable bonds is 4. The number of carbonyl (C=O) groups excluding carboxylic acids is 2. The number of para-hydroxylation sites is 1. The van der Waals surface area contributed by atoms with Crippen molar-refractivity contribution in [2.75, 3.05) is 32.8 Å². The zero-order valence-corrected chi connectivity index (χ0v) is 12.8. The molecule has 2 rings (SSSR count). The van der Waals surface area contributed by atoms with E-state index in [0.717, 1.165) is 6.42 Å². The maximum Gasteiger partial charge on any atom is 0.260 e. The predicted molar refractivity (Wildman–Crippen MR) is 80.0 cm³/mol. The minimum Gasteiger partial charge on any atom is -0.481 e. The van der Waals surface area contributed by atoms with E-state index in [1.165, 1.54) is 12.1 Å². The van der Waals surface area contributed by atoms with Gasteiger partial charge in [0, 0.05) is 32.6 Å². The molecule has 1 heterocycles. The molecule has 0 unspecified atom stereocenters. The van der Waals surface area contributed by atoms with Crippen molar-refractivity contribution >= 4 is 11.8 Å². The standard InChI is InChI=1S/C16H21FN2O3/c1-2-15(20)18-8-5-9-19(11-10-18)16(21)12-22-14-7-4-3-6-13(14)17/h3-4,6-7H,2,5,8-12H2,1H3. The Morgan fingerprint density at radius 1 is 1.09 bits per heavy atom. The number of carbonyl (C=O) groups is 2. The van der Waals surface area contributed by atoms with Gasteiger partial charge in [-0.3, -0.25) is 9.59 Å². The maximum absolute atomic E-state index is 13.4. The summed E-state index contributed by atoms with van der Waals surface area (Å²) in [5.74, 6) is -0.481. The largest absolute Gasteiger partial charge is 0.481 e. The molecule has 22 heavy (non-hydrogen) atoms. The first-order chi connectivity index (χ1) is 10.6. The van der Waals surface area contributed by atoms with Crippen molar-refractivity contribution in [2.45, 2.75) is 19.8 Å². The number of halogens is 1. The molecule has 1 aliphatic rings. The van der Waals surface area contributed by atoms with E-state index < -0.39 is 5.82 Å². The topological polar surface area (TPSA) is 49.9 Å². The van der Waals surface area contributed by atoms with Gasteiger partial charge in [-0.25, -0.2) is 4.39 Å². The lowest BCUT2D eigenvalue weighted by Crippen LogP contribution is -2.39. The van der Waals surface area contributed by atoms with E-state index in [4.69, 9.17) is 4.74 Å². The smallest absolute Gasteiger partial charge is 0.260 e. The summed E-state index contributed by atoms with van der Waals surface area (Å²) in [5, 5.41) is 0. The van der Waals surface area contributed by atoms with E-state index in [2.05, 4.69) is 0 Å². The van der Waals surface area contributed by atoms with Crippen LogP contribution in [-0.4, -0.2) is 54.4 Å². The summed E-state index contributed by atoms with van der Waals surface area (Å²) in [4.78, 5) is 27.3. The van der Waals surface area contributed by atoms with Crippen LogP contribution in [0.4, 0.5) is 4.39 Å². The van der Waals surface area contributed by atoms with Crippen molar-refractivity contribution in [1.82, 2.24) is 9.80 Å². The highest BCUT2D eigenvalue weighted by Crippen LogP contribution is 2.15. The van der Waals surface area contributed by atoms with Crippen molar-refractivity contribution in [2.24, 2.45) is 0 Å². The van der Waals surface area contributed by atoms with Gasteiger partial charge in [0.1, 0.15) is 0 Å². The Bertz CT molecular complexity index is 536. The molecule has 2 amide bonds. The van der Waals surface area contributed by atoms with Gasteiger partial charge in [0.2, 0.25) is 5.91 Å². The van der Waals surface area contributed by atoms with Crippen LogP contribution in [0, 0.1) is 5.82 Å². The van der Waals surface area contributed by atoms with E-state index in [-0.39, 0.29) is 24.2 Å². The normalized spacial score (nSPS) is 15.4. The van der Waals surface area contributed by atoms with Gasteiger partial charge in [0.15, 0.2) is 18.2 Å². The Labute approximate surface area is 129 Å². The lowest BCUT2D eigenvalue weighted by Gasteiger charge is -2.22. The molecule has 1 aromatic carbocycles. The van der Waals surface area contributed by atoms with Crippen LogP contribution in [0.1, 0.15) is 19.8 Å². The van der Waals surface area contributed by atoms with E-state index in [0.29, 0.717) is 32.6 Å². The van der Waals surface area contributed by atoms with Gasteiger partial charge in [-0.2, -0.15) is 0 Å². The first-order valence-electron chi connectivity index (χ1n) is 7.54. The maximum atomic E-state index is 13.4. The molecule has 0 aromatic heterocycles. The second kappa shape index (κ2) is 7.77. The van der Waals surface area contributed by atoms with Crippen LogP contribution in [-0.2, 0) is 9.59 Å². The van der Waals surface area contributed by atoms with E-state index in [1.807, 2.05) is 6.92 Å². The van der Waals surface area contributed by atoms with Gasteiger partial charge in [-0.05, 0) is 18.6 Å². The molecular formula is C16H21FN2O3. The summed E-state index contributed by atoms with van der Waals surface area (Å²) < 4.78 is 18.7. The molecule has 1 fully saturated rings. The fourth-order valence-corrected chi connectivity index (χ4v) is 2.43. The fraction of sp³-hybridized carbons (Fsp3) is 0.500. The van der Waals surface area contributed by atoms with Crippen molar-refractivity contribution < 1.29 is 18.7 Å². The minimum absolute atomic E-state index is 0.0773. The van der Waals surface area contributed by atoms with E-state index in [1.54, 1.807) is 21.9 Å². The van der Waals surface area contributed by atoms with Crippen LogP contribution in [0.5, 0.6) is 5.75 Å². The van der Waals surface area contributed by atoms with Crippen LogP contribution in [0.3, 0.4) is 0 Å². The van der Waals surface area contributed by atoms with Gasteiger partial charge in [0.05, 0.1) is 0 Å². The van der Waals surface area contributed by atoms with Gasteiger partial charge in [0.25, 0.3) is 5.91 Å². The molecule has 0 atom stereocenters. The van der Waals surface area contributed by atoms with Crippen LogP contribution in [0.2, 0.25) is 0 Å². The summed E-state index contributed by atoms with van der Waals surface area (Å²) in [5.41, 5.74) is 0. The molecule has 0 radical (unpaired) electrons. The molecule has 0 N–H and O–H groups in total.